The van der Waals surface area contributed by atoms with Crippen LogP contribution in [0.4, 0.5) is 0 Å². The third-order valence-corrected chi connectivity index (χ3v) is 3.47. The number of esters is 1. The number of nitrogens with two attached hydrogens (primary N) is 1. The molecule has 1 aliphatic rings. The van der Waals surface area contributed by atoms with E-state index in [4.69, 9.17) is 15.2 Å². The van der Waals surface area contributed by atoms with Gasteiger partial charge >= 0.3 is 5.97 Å². The Hall–Kier alpha value is -0.610. The number of ether oxygens (including phenoxy) is 2. The highest BCUT2D eigenvalue weighted by Crippen LogP contribution is 2.22. The maximum atomic E-state index is 11.8. The van der Waals surface area contributed by atoms with E-state index < -0.39 is 6.04 Å². The number of carbonyl (C=O) groups excluding carboxylic acids is 1. The maximum absolute atomic E-state index is 11.8. The van der Waals surface area contributed by atoms with Crippen LogP contribution in [0.15, 0.2) is 0 Å². The molecule has 1 heterocycles. The minimum absolute atomic E-state index is 0.0450. The van der Waals surface area contributed by atoms with E-state index in [0.717, 1.165) is 19.3 Å². The normalized spacial score (nSPS) is 32.9. The van der Waals surface area contributed by atoms with Crippen LogP contribution in [0.3, 0.4) is 0 Å². The molecular weight excluding hydrogens is 218 g/mol. The Morgan fingerprint density at radius 3 is 2.41 bits per heavy atom. The molecule has 0 saturated carbocycles. The van der Waals surface area contributed by atoms with E-state index in [1.807, 2.05) is 27.7 Å². The zero-order chi connectivity index (χ0) is 13.0. The zero-order valence-electron chi connectivity index (χ0n) is 11.3. The summed E-state index contributed by atoms with van der Waals surface area (Å²) in [5.74, 6) is -0.108. The molecule has 0 aliphatic carbocycles. The van der Waals surface area contributed by atoms with Crippen molar-refractivity contribution in [1.29, 1.82) is 0 Å². The van der Waals surface area contributed by atoms with Crippen molar-refractivity contribution in [3.63, 3.8) is 0 Å². The van der Waals surface area contributed by atoms with Crippen LogP contribution in [0.1, 0.15) is 47.0 Å². The van der Waals surface area contributed by atoms with Crippen LogP contribution in [-0.2, 0) is 14.3 Å². The van der Waals surface area contributed by atoms with Gasteiger partial charge in [-0.25, -0.2) is 0 Å². The number of rotatable bonds is 4. The lowest BCUT2D eigenvalue weighted by atomic mass is 9.99. The van der Waals surface area contributed by atoms with E-state index >= 15 is 0 Å². The van der Waals surface area contributed by atoms with Gasteiger partial charge in [-0.15, -0.1) is 0 Å². The van der Waals surface area contributed by atoms with Gasteiger partial charge in [0.25, 0.3) is 0 Å². The third kappa shape index (κ3) is 4.28. The highest BCUT2D eigenvalue weighted by atomic mass is 16.6. The second-order valence-corrected chi connectivity index (χ2v) is 5.20. The smallest absolute Gasteiger partial charge is 0.323 e. The fraction of sp³-hybridized carbons (Fsp3) is 0.923. The molecule has 0 spiro atoms. The highest BCUT2D eigenvalue weighted by Gasteiger charge is 2.30. The molecule has 2 N–H and O–H groups in total. The second-order valence-electron chi connectivity index (χ2n) is 5.20. The molecule has 4 heteroatoms. The molecule has 1 rings (SSSR count). The topological polar surface area (TPSA) is 61.6 Å². The van der Waals surface area contributed by atoms with E-state index in [1.165, 1.54) is 0 Å². The van der Waals surface area contributed by atoms with Crippen LogP contribution in [0.25, 0.3) is 0 Å². The quantitative estimate of drug-likeness (QED) is 0.766. The van der Waals surface area contributed by atoms with Gasteiger partial charge in [0.1, 0.15) is 12.1 Å². The van der Waals surface area contributed by atoms with Crippen LogP contribution in [0.2, 0.25) is 0 Å². The van der Waals surface area contributed by atoms with Gasteiger partial charge in [0.15, 0.2) is 0 Å². The highest BCUT2D eigenvalue weighted by molar-refractivity contribution is 5.76. The van der Waals surface area contributed by atoms with Gasteiger partial charge in [-0.2, -0.15) is 0 Å². The van der Waals surface area contributed by atoms with Crippen molar-refractivity contribution in [2.45, 2.75) is 71.3 Å². The first-order valence-corrected chi connectivity index (χ1v) is 6.55. The molecule has 1 aliphatic heterocycles. The molecular formula is C13H25NO3. The molecule has 4 nitrogen and oxygen atoms in total. The average molecular weight is 243 g/mol. The molecule has 1 fully saturated rings. The SMILES string of the molecule is CCC(C)[C@H](N)C(=O)OC1CC(C)OC(C)C1. The van der Waals surface area contributed by atoms with E-state index in [-0.39, 0.29) is 30.2 Å². The Bertz CT molecular complexity index is 247. The Balaban J connectivity index is 2.45. The molecule has 17 heavy (non-hydrogen) atoms. The fourth-order valence-corrected chi connectivity index (χ4v) is 2.17. The molecule has 0 aromatic rings. The standard InChI is InChI=1S/C13H25NO3/c1-5-8(2)12(14)13(15)17-11-6-9(3)16-10(4)7-11/h8-12H,5-7,14H2,1-4H3/t8?,9?,10?,11?,12-/m0/s1. The van der Waals surface area contributed by atoms with Crippen molar-refractivity contribution in [2.75, 3.05) is 0 Å². The minimum Gasteiger partial charge on any atom is -0.461 e. The van der Waals surface area contributed by atoms with Gasteiger partial charge in [-0.3, -0.25) is 4.79 Å². The summed E-state index contributed by atoms with van der Waals surface area (Å²) in [5.41, 5.74) is 5.85. The molecule has 1 saturated heterocycles. The minimum atomic E-state index is -0.506. The molecule has 4 atom stereocenters. The van der Waals surface area contributed by atoms with Crippen molar-refractivity contribution in [1.82, 2.24) is 0 Å². The number of hydrogen-bond donors (Lipinski definition) is 1. The van der Waals surface area contributed by atoms with Crippen LogP contribution in [0, 0.1) is 5.92 Å². The fourth-order valence-electron chi connectivity index (χ4n) is 2.17. The summed E-state index contributed by atoms with van der Waals surface area (Å²) in [4.78, 5) is 11.8. The average Bonchev–Trinajstić information content (AvgIpc) is 2.25. The summed E-state index contributed by atoms with van der Waals surface area (Å²) in [7, 11) is 0. The first kappa shape index (κ1) is 14.5. The van der Waals surface area contributed by atoms with Gasteiger partial charge in [0, 0.05) is 12.8 Å². The lowest BCUT2D eigenvalue weighted by molar-refractivity contribution is -0.162. The van der Waals surface area contributed by atoms with Crippen molar-refractivity contribution in [3.05, 3.63) is 0 Å². The largest absolute Gasteiger partial charge is 0.461 e. The monoisotopic (exact) mass is 243 g/mol. The van der Waals surface area contributed by atoms with Crippen LogP contribution in [-0.4, -0.2) is 30.3 Å². The van der Waals surface area contributed by atoms with Crippen molar-refractivity contribution in [2.24, 2.45) is 11.7 Å². The summed E-state index contributed by atoms with van der Waals surface area (Å²) >= 11 is 0. The van der Waals surface area contributed by atoms with Crippen LogP contribution in [0.5, 0.6) is 0 Å². The molecule has 100 valence electrons. The molecule has 0 radical (unpaired) electrons. The number of hydrogen-bond acceptors (Lipinski definition) is 4. The summed E-state index contributed by atoms with van der Waals surface area (Å²) < 4.78 is 11.1. The van der Waals surface area contributed by atoms with Gasteiger partial charge in [-0.05, 0) is 19.8 Å². The Kier molecular flexibility index (Phi) is 5.40. The zero-order valence-corrected chi connectivity index (χ0v) is 11.3. The first-order chi connectivity index (χ1) is 7.93. The number of carbonyl (C=O) groups is 1. The Morgan fingerprint density at radius 1 is 1.41 bits per heavy atom. The molecule has 0 amide bonds. The van der Waals surface area contributed by atoms with Crippen LogP contribution >= 0.6 is 0 Å². The summed E-state index contributed by atoms with van der Waals surface area (Å²) in [5, 5.41) is 0. The van der Waals surface area contributed by atoms with E-state index in [0.29, 0.717) is 0 Å². The molecule has 0 aromatic heterocycles. The second kappa shape index (κ2) is 6.36. The third-order valence-electron chi connectivity index (χ3n) is 3.47. The summed E-state index contributed by atoms with van der Waals surface area (Å²) in [6, 6.07) is -0.506. The Morgan fingerprint density at radius 2 is 1.94 bits per heavy atom. The maximum Gasteiger partial charge on any atom is 0.323 e. The van der Waals surface area contributed by atoms with Gasteiger partial charge in [-0.1, -0.05) is 20.3 Å². The molecule has 0 bridgehead atoms. The molecule has 3 unspecified atom stereocenters. The van der Waals surface area contributed by atoms with Crippen molar-refractivity contribution in [3.8, 4) is 0 Å². The predicted octanol–water partition coefficient (Wildman–Crippen LogP) is 1.86. The molecule has 0 aromatic carbocycles. The lowest BCUT2D eigenvalue weighted by Crippen LogP contribution is -2.42. The lowest BCUT2D eigenvalue weighted by Gasteiger charge is -2.32. The van der Waals surface area contributed by atoms with E-state index in [1.54, 1.807) is 0 Å². The van der Waals surface area contributed by atoms with Crippen LogP contribution < -0.4 is 5.73 Å². The van der Waals surface area contributed by atoms with Gasteiger partial charge in [0.05, 0.1) is 12.2 Å². The Labute approximate surface area is 104 Å². The van der Waals surface area contributed by atoms with E-state index in [9.17, 15) is 4.79 Å². The first-order valence-electron chi connectivity index (χ1n) is 6.55. The van der Waals surface area contributed by atoms with Gasteiger partial charge < -0.3 is 15.2 Å². The van der Waals surface area contributed by atoms with E-state index in [2.05, 4.69) is 0 Å². The van der Waals surface area contributed by atoms with Crippen molar-refractivity contribution < 1.29 is 14.3 Å². The predicted molar refractivity (Wildman–Crippen MR) is 66.6 cm³/mol. The van der Waals surface area contributed by atoms with Crippen molar-refractivity contribution >= 4 is 5.97 Å². The summed E-state index contributed by atoms with van der Waals surface area (Å²) in [6.45, 7) is 8.01. The summed E-state index contributed by atoms with van der Waals surface area (Å²) in [6.07, 6.45) is 2.67. The van der Waals surface area contributed by atoms with Gasteiger partial charge in [0.2, 0.25) is 0 Å².